The highest BCUT2D eigenvalue weighted by Crippen LogP contribution is 2.30. The van der Waals surface area contributed by atoms with Crippen molar-refractivity contribution in [1.82, 2.24) is 9.97 Å². The fraction of sp³-hybridized carbons (Fsp3) is 0.308. The van der Waals surface area contributed by atoms with Crippen molar-refractivity contribution in [3.63, 3.8) is 0 Å². The van der Waals surface area contributed by atoms with Crippen LogP contribution in [0.3, 0.4) is 0 Å². The standard InChI is InChI=1S/C13H16N4O3/c1-2-7-20-12-8-10(3-4-11(12)17(18)19)16-9-13-14-5-6-15-13/h3-6,8,16H,2,7,9H2,1H3,(H,14,15). The van der Waals surface area contributed by atoms with E-state index in [4.69, 9.17) is 4.74 Å². The van der Waals surface area contributed by atoms with E-state index < -0.39 is 4.92 Å². The van der Waals surface area contributed by atoms with Gasteiger partial charge in [-0.25, -0.2) is 4.98 Å². The van der Waals surface area contributed by atoms with Crippen molar-refractivity contribution in [2.45, 2.75) is 19.9 Å². The van der Waals surface area contributed by atoms with Gasteiger partial charge in [0, 0.05) is 30.2 Å². The quantitative estimate of drug-likeness (QED) is 0.599. The molecule has 0 unspecified atom stereocenters. The minimum atomic E-state index is -0.443. The summed E-state index contributed by atoms with van der Waals surface area (Å²) in [6.45, 7) is 2.91. The fourth-order valence-electron chi connectivity index (χ4n) is 1.68. The van der Waals surface area contributed by atoms with Crippen LogP contribution in [0.5, 0.6) is 5.75 Å². The highest BCUT2D eigenvalue weighted by molar-refractivity contribution is 5.58. The van der Waals surface area contributed by atoms with Crippen LogP contribution in [-0.4, -0.2) is 21.5 Å². The van der Waals surface area contributed by atoms with Crippen LogP contribution in [0.1, 0.15) is 19.2 Å². The number of rotatable bonds is 7. The Bertz CT molecular complexity index is 569. The zero-order chi connectivity index (χ0) is 14.4. The van der Waals surface area contributed by atoms with E-state index in [1.54, 1.807) is 24.5 Å². The molecule has 1 heterocycles. The Hall–Kier alpha value is -2.57. The molecule has 0 bridgehead atoms. The van der Waals surface area contributed by atoms with E-state index in [0.717, 1.165) is 17.9 Å². The van der Waals surface area contributed by atoms with Gasteiger partial charge in [0.15, 0.2) is 5.75 Å². The second-order valence-corrected chi connectivity index (χ2v) is 4.18. The van der Waals surface area contributed by atoms with Crippen molar-refractivity contribution in [3.8, 4) is 5.75 Å². The molecule has 1 aromatic carbocycles. The molecule has 0 saturated carbocycles. The number of nitrogens with one attached hydrogen (secondary N) is 2. The maximum atomic E-state index is 10.9. The van der Waals surface area contributed by atoms with Gasteiger partial charge < -0.3 is 15.0 Å². The van der Waals surface area contributed by atoms with Gasteiger partial charge in [-0.15, -0.1) is 0 Å². The van der Waals surface area contributed by atoms with Crippen LogP contribution < -0.4 is 10.1 Å². The summed E-state index contributed by atoms with van der Waals surface area (Å²) in [6.07, 6.45) is 4.20. The summed E-state index contributed by atoms with van der Waals surface area (Å²) >= 11 is 0. The van der Waals surface area contributed by atoms with Gasteiger partial charge in [-0.3, -0.25) is 10.1 Å². The lowest BCUT2D eigenvalue weighted by Gasteiger charge is -2.09. The number of hydrogen-bond donors (Lipinski definition) is 2. The Morgan fingerprint density at radius 3 is 3.00 bits per heavy atom. The van der Waals surface area contributed by atoms with Gasteiger partial charge in [0.25, 0.3) is 0 Å². The summed E-state index contributed by atoms with van der Waals surface area (Å²) in [7, 11) is 0. The lowest BCUT2D eigenvalue weighted by atomic mass is 10.2. The van der Waals surface area contributed by atoms with Crippen molar-refractivity contribution >= 4 is 11.4 Å². The fourth-order valence-corrected chi connectivity index (χ4v) is 1.68. The molecule has 0 atom stereocenters. The van der Waals surface area contributed by atoms with Gasteiger partial charge in [-0.2, -0.15) is 0 Å². The average Bonchev–Trinajstić information content (AvgIpc) is 2.96. The van der Waals surface area contributed by atoms with Crippen molar-refractivity contribution in [2.75, 3.05) is 11.9 Å². The number of imidazole rings is 1. The molecule has 0 aliphatic carbocycles. The van der Waals surface area contributed by atoms with Crippen LogP contribution in [-0.2, 0) is 6.54 Å². The number of benzene rings is 1. The molecule has 20 heavy (non-hydrogen) atoms. The molecule has 0 spiro atoms. The minimum Gasteiger partial charge on any atom is -0.487 e. The molecular weight excluding hydrogens is 260 g/mol. The summed E-state index contributed by atoms with van der Waals surface area (Å²) in [6, 6.07) is 4.73. The van der Waals surface area contributed by atoms with Crippen molar-refractivity contribution in [2.24, 2.45) is 0 Å². The second-order valence-electron chi connectivity index (χ2n) is 4.18. The normalized spacial score (nSPS) is 10.2. The Morgan fingerprint density at radius 1 is 1.50 bits per heavy atom. The summed E-state index contributed by atoms with van der Waals surface area (Å²) in [5.41, 5.74) is 0.722. The van der Waals surface area contributed by atoms with E-state index >= 15 is 0 Å². The number of anilines is 1. The highest BCUT2D eigenvalue weighted by Gasteiger charge is 2.15. The van der Waals surface area contributed by atoms with Crippen LogP contribution >= 0.6 is 0 Å². The molecule has 7 nitrogen and oxygen atoms in total. The molecule has 0 radical (unpaired) electrons. The molecule has 0 aliphatic rings. The molecule has 0 saturated heterocycles. The van der Waals surface area contributed by atoms with E-state index in [-0.39, 0.29) is 11.4 Å². The predicted molar refractivity (Wildman–Crippen MR) is 74.8 cm³/mol. The van der Waals surface area contributed by atoms with E-state index in [9.17, 15) is 10.1 Å². The van der Waals surface area contributed by atoms with Crippen LogP contribution in [0.15, 0.2) is 30.6 Å². The molecule has 0 amide bonds. The number of nitro groups is 1. The maximum Gasteiger partial charge on any atom is 0.311 e. The van der Waals surface area contributed by atoms with Crippen LogP contribution in [0.4, 0.5) is 11.4 Å². The van der Waals surface area contributed by atoms with E-state index in [1.807, 2.05) is 6.92 Å². The van der Waals surface area contributed by atoms with Crippen molar-refractivity contribution < 1.29 is 9.66 Å². The third-order valence-electron chi connectivity index (χ3n) is 2.63. The highest BCUT2D eigenvalue weighted by atomic mass is 16.6. The number of H-pyrrole nitrogens is 1. The van der Waals surface area contributed by atoms with E-state index in [2.05, 4.69) is 15.3 Å². The van der Waals surface area contributed by atoms with Crippen molar-refractivity contribution in [3.05, 3.63) is 46.5 Å². The molecule has 2 aromatic rings. The Morgan fingerprint density at radius 2 is 2.35 bits per heavy atom. The summed E-state index contributed by atoms with van der Waals surface area (Å²) in [5.74, 6) is 1.07. The zero-order valence-corrected chi connectivity index (χ0v) is 11.1. The molecular formula is C13H16N4O3. The van der Waals surface area contributed by atoms with Crippen LogP contribution in [0.2, 0.25) is 0 Å². The number of nitro benzene ring substituents is 1. The predicted octanol–water partition coefficient (Wildman–Crippen LogP) is 2.72. The largest absolute Gasteiger partial charge is 0.487 e. The molecule has 106 valence electrons. The Labute approximate surface area is 116 Å². The van der Waals surface area contributed by atoms with Crippen LogP contribution in [0, 0.1) is 10.1 Å². The smallest absolute Gasteiger partial charge is 0.311 e. The van der Waals surface area contributed by atoms with Gasteiger partial charge >= 0.3 is 5.69 Å². The third kappa shape index (κ3) is 3.47. The summed E-state index contributed by atoms with van der Waals surface area (Å²) < 4.78 is 5.42. The van der Waals surface area contributed by atoms with E-state index in [1.165, 1.54) is 6.07 Å². The van der Waals surface area contributed by atoms with Gasteiger partial charge in [0.05, 0.1) is 18.1 Å². The number of nitrogens with zero attached hydrogens (tertiary/aromatic N) is 2. The second kappa shape index (κ2) is 6.55. The average molecular weight is 276 g/mol. The number of aromatic nitrogens is 2. The molecule has 2 N–H and O–H groups in total. The zero-order valence-electron chi connectivity index (χ0n) is 11.1. The molecule has 0 fully saturated rings. The van der Waals surface area contributed by atoms with Crippen molar-refractivity contribution in [1.29, 1.82) is 0 Å². The lowest BCUT2D eigenvalue weighted by Crippen LogP contribution is -2.03. The third-order valence-corrected chi connectivity index (χ3v) is 2.63. The van der Waals surface area contributed by atoms with Gasteiger partial charge in [0.1, 0.15) is 5.82 Å². The lowest BCUT2D eigenvalue weighted by molar-refractivity contribution is -0.385. The first-order valence-electron chi connectivity index (χ1n) is 6.34. The first-order valence-corrected chi connectivity index (χ1v) is 6.34. The maximum absolute atomic E-state index is 10.9. The summed E-state index contributed by atoms with van der Waals surface area (Å²) in [5, 5.41) is 14.1. The monoisotopic (exact) mass is 276 g/mol. The number of hydrogen-bond acceptors (Lipinski definition) is 5. The van der Waals surface area contributed by atoms with E-state index in [0.29, 0.717) is 13.2 Å². The number of ether oxygens (including phenoxy) is 1. The first-order chi connectivity index (χ1) is 9.70. The number of aromatic amines is 1. The molecule has 1 aromatic heterocycles. The van der Waals surface area contributed by atoms with Gasteiger partial charge in [-0.05, 0) is 12.5 Å². The Kier molecular flexibility index (Phi) is 4.54. The first kappa shape index (κ1) is 13.9. The Balaban J connectivity index is 2.11. The molecule has 7 heteroatoms. The SMILES string of the molecule is CCCOc1cc(NCc2ncc[nH]2)ccc1[N+](=O)[O-]. The van der Waals surface area contributed by atoms with Gasteiger partial charge in [0.2, 0.25) is 0 Å². The minimum absolute atomic E-state index is 0.0259. The van der Waals surface area contributed by atoms with Gasteiger partial charge in [-0.1, -0.05) is 6.92 Å². The molecule has 0 aliphatic heterocycles. The van der Waals surface area contributed by atoms with Crippen LogP contribution in [0.25, 0.3) is 0 Å². The molecule has 2 rings (SSSR count). The topological polar surface area (TPSA) is 93.1 Å². The summed E-state index contributed by atoms with van der Waals surface area (Å²) in [4.78, 5) is 17.6.